The molecule has 6 heteroatoms. The molecule has 0 aliphatic heterocycles. The highest BCUT2D eigenvalue weighted by Crippen LogP contribution is 2.14. The monoisotopic (exact) mass is 297 g/mol. The fraction of sp³-hybridized carbons (Fsp3) is 0.429. The van der Waals surface area contributed by atoms with E-state index < -0.39 is 15.6 Å². The first-order chi connectivity index (χ1) is 9.30. The van der Waals surface area contributed by atoms with E-state index in [-0.39, 0.29) is 18.1 Å². The van der Waals surface area contributed by atoms with Crippen LogP contribution < -0.4 is 4.72 Å². The molecule has 0 aliphatic carbocycles. The Morgan fingerprint density at radius 1 is 1.30 bits per heavy atom. The van der Waals surface area contributed by atoms with E-state index in [1.54, 1.807) is 26.0 Å². The molecule has 0 fully saturated rings. The zero-order valence-electron chi connectivity index (χ0n) is 11.8. The standard InChI is InChI=1S/C14H19NO4S/c1-14(2,11-19-3)15-20(17,18)13-8-6-12(7-9-13)5-4-10-16/h6-9,15-16H,10-11H2,1-3H3. The molecule has 1 aromatic rings. The summed E-state index contributed by atoms with van der Waals surface area (Å²) >= 11 is 0. The van der Waals surface area contributed by atoms with E-state index in [4.69, 9.17) is 9.84 Å². The van der Waals surface area contributed by atoms with Gasteiger partial charge in [-0.1, -0.05) is 11.8 Å². The molecule has 1 aromatic carbocycles. The van der Waals surface area contributed by atoms with Crippen molar-refractivity contribution in [2.24, 2.45) is 0 Å². The molecule has 0 bridgehead atoms. The molecule has 0 aliphatic rings. The highest BCUT2D eigenvalue weighted by atomic mass is 32.2. The number of benzene rings is 1. The van der Waals surface area contributed by atoms with Gasteiger partial charge in [0.25, 0.3) is 0 Å². The minimum atomic E-state index is -3.60. The Kier molecular flexibility index (Phi) is 5.72. The topological polar surface area (TPSA) is 75.6 Å². The van der Waals surface area contributed by atoms with E-state index in [9.17, 15) is 8.42 Å². The fourth-order valence-corrected chi connectivity index (χ4v) is 3.07. The highest BCUT2D eigenvalue weighted by Gasteiger charge is 2.25. The van der Waals surface area contributed by atoms with Gasteiger partial charge in [-0.2, -0.15) is 0 Å². The summed E-state index contributed by atoms with van der Waals surface area (Å²) in [7, 11) is -2.09. The van der Waals surface area contributed by atoms with Gasteiger partial charge >= 0.3 is 0 Å². The third kappa shape index (κ3) is 4.94. The molecule has 20 heavy (non-hydrogen) atoms. The molecule has 1 rings (SSSR count). The number of methoxy groups -OCH3 is 1. The largest absolute Gasteiger partial charge is 0.384 e. The van der Waals surface area contributed by atoms with Gasteiger partial charge in [0.05, 0.1) is 17.0 Å². The van der Waals surface area contributed by atoms with E-state index in [0.29, 0.717) is 5.56 Å². The first-order valence-electron chi connectivity index (χ1n) is 6.03. The van der Waals surface area contributed by atoms with Crippen LogP contribution in [0.4, 0.5) is 0 Å². The van der Waals surface area contributed by atoms with Crippen LogP contribution in [-0.4, -0.2) is 39.4 Å². The van der Waals surface area contributed by atoms with Crippen LogP contribution in [0.25, 0.3) is 0 Å². The zero-order chi connectivity index (χ0) is 15.2. The van der Waals surface area contributed by atoms with E-state index in [1.165, 1.54) is 19.2 Å². The van der Waals surface area contributed by atoms with Gasteiger partial charge in [0, 0.05) is 12.7 Å². The van der Waals surface area contributed by atoms with E-state index >= 15 is 0 Å². The molecule has 0 amide bonds. The molecule has 5 nitrogen and oxygen atoms in total. The van der Waals surface area contributed by atoms with Crippen molar-refractivity contribution in [3.05, 3.63) is 29.8 Å². The van der Waals surface area contributed by atoms with Crippen LogP contribution in [0.15, 0.2) is 29.2 Å². The Balaban J connectivity index is 2.93. The first kappa shape index (κ1) is 16.7. The molecule has 0 saturated heterocycles. The Morgan fingerprint density at radius 2 is 1.90 bits per heavy atom. The molecule has 0 heterocycles. The van der Waals surface area contributed by atoms with Gasteiger partial charge in [-0.25, -0.2) is 13.1 Å². The Bertz CT molecular complexity index is 594. The maximum absolute atomic E-state index is 12.2. The van der Waals surface area contributed by atoms with Gasteiger partial charge in [0.1, 0.15) is 6.61 Å². The Morgan fingerprint density at radius 3 is 2.40 bits per heavy atom. The van der Waals surface area contributed by atoms with Crippen LogP contribution in [0.2, 0.25) is 0 Å². The van der Waals surface area contributed by atoms with Crippen molar-refractivity contribution in [2.75, 3.05) is 20.3 Å². The normalized spacial score (nSPS) is 11.8. The van der Waals surface area contributed by atoms with E-state index in [2.05, 4.69) is 16.6 Å². The van der Waals surface area contributed by atoms with Crippen molar-refractivity contribution in [2.45, 2.75) is 24.3 Å². The lowest BCUT2D eigenvalue weighted by Crippen LogP contribution is -2.46. The predicted molar refractivity (Wildman–Crippen MR) is 76.7 cm³/mol. The lowest BCUT2D eigenvalue weighted by atomic mass is 10.1. The maximum Gasteiger partial charge on any atom is 0.241 e. The third-order valence-electron chi connectivity index (χ3n) is 2.39. The van der Waals surface area contributed by atoms with Gasteiger partial charge in [-0.05, 0) is 38.1 Å². The molecular weight excluding hydrogens is 278 g/mol. The van der Waals surface area contributed by atoms with Gasteiger partial charge in [-0.3, -0.25) is 0 Å². The van der Waals surface area contributed by atoms with Crippen molar-refractivity contribution in [3.8, 4) is 11.8 Å². The predicted octanol–water partition coefficient (Wildman–Crippen LogP) is 0.734. The Labute approximate surface area is 120 Å². The second kappa shape index (κ2) is 6.86. The third-order valence-corrected chi connectivity index (χ3v) is 4.11. The fourth-order valence-electron chi connectivity index (χ4n) is 1.67. The minimum Gasteiger partial charge on any atom is -0.384 e. The lowest BCUT2D eigenvalue weighted by molar-refractivity contribution is 0.141. The SMILES string of the molecule is COCC(C)(C)NS(=O)(=O)c1ccc(C#CCO)cc1. The summed E-state index contributed by atoms with van der Waals surface area (Å²) in [5.74, 6) is 5.21. The van der Waals surface area contributed by atoms with Crippen LogP contribution in [0, 0.1) is 11.8 Å². The van der Waals surface area contributed by atoms with Crippen molar-refractivity contribution in [3.63, 3.8) is 0 Å². The van der Waals surface area contributed by atoms with Crippen LogP contribution >= 0.6 is 0 Å². The zero-order valence-corrected chi connectivity index (χ0v) is 12.6. The summed E-state index contributed by atoms with van der Waals surface area (Å²) in [5.41, 5.74) is -0.0442. The first-order valence-corrected chi connectivity index (χ1v) is 7.52. The quantitative estimate of drug-likeness (QED) is 0.786. The van der Waals surface area contributed by atoms with Gasteiger partial charge in [-0.15, -0.1) is 0 Å². The molecular formula is C14H19NO4S. The van der Waals surface area contributed by atoms with Crippen molar-refractivity contribution in [1.82, 2.24) is 4.72 Å². The number of hydrogen-bond donors (Lipinski definition) is 2. The molecule has 0 radical (unpaired) electrons. The second-order valence-electron chi connectivity index (χ2n) is 4.91. The summed E-state index contributed by atoms with van der Waals surface area (Å²) in [4.78, 5) is 0.163. The number of rotatable bonds is 5. The number of ether oxygens (including phenoxy) is 1. The van der Waals surface area contributed by atoms with Crippen molar-refractivity contribution in [1.29, 1.82) is 0 Å². The molecule has 0 saturated carbocycles. The van der Waals surface area contributed by atoms with Crippen molar-refractivity contribution >= 4 is 10.0 Å². The molecule has 0 unspecified atom stereocenters. The molecule has 2 N–H and O–H groups in total. The molecule has 0 spiro atoms. The molecule has 0 atom stereocenters. The molecule has 110 valence electrons. The van der Waals surface area contributed by atoms with Crippen LogP contribution in [-0.2, 0) is 14.8 Å². The second-order valence-corrected chi connectivity index (χ2v) is 6.59. The number of sulfonamides is 1. The van der Waals surface area contributed by atoms with E-state index in [0.717, 1.165) is 0 Å². The smallest absolute Gasteiger partial charge is 0.241 e. The summed E-state index contributed by atoms with van der Waals surface area (Å²) < 4.78 is 32.0. The minimum absolute atomic E-state index is 0.163. The van der Waals surface area contributed by atoms with Gasteiger partial charge in [0.15, 0.2) is 0 Å². The highest BCUT2D eigenvalue weighted by molar-refractivity contribution is 7.89. The van der Waals surface area contributed by atoms with Crippen LogP contribution in [0.5, 0.6) is 0 Å². The summed E-state index contributed by atoms with van der Waals surface area (Å²) in [5, 5.41) is 8.60. The summed E-state index contributed by atoms with van der Waals surface area (Å²) in [6.45, 7) is 3.53. The van der Waals surface area contributed by atoms with Crippen LogP contribution in [0.3, 0.4) is 0 Å². The van der Waals surface area contributed by atoms with Gasteiger partial charge in [0.2, 0.25) is 10.0 Å². The molecule has 0 aromatic heterocycles. The number of hydrogen-bond acceptors (Lipinski definition) is 4. The van der Waals surface area contributed by atoms with Gasteiger partial charge < -0.3 is 9.84 Å². The van der Waals surface area contributed by atoms with Crippen LogP contribution in [0.1, 0.15) is 19.4 Å². The Hall–Kier alpha value is -1.39. The average Bonchev–Trinajstić information content (AvgIpc) is 2.35. The number of nitrogens with one attached hydrogen (secondary N) is 1. The van der Waals surface area contributed by atoms with Crippen molar-refractivity contribution < 1.29 is 18.3 Å². The number of aliphatic hydroxyl groups is 1. The number of aliphatic hydroxyl groups excluding tert-OH is 1. The lowest BCUT2D eigenvalue weighted by Gasteiger charge is -2.24. The summed E-state index contributed by atoms with van der Waals surface area (Å²) in [6, 6.07) is 6.15. The average molecular weight is 297 g/mol. The van der Waals surface area contributed by atoms with E-state index in [1.807, 2.05) is 0 Å². The summed E-state index contributed by atoms with van der Waals surface area (Å²) in [6.07, 6.45) is 0. The maximum atomic E-state index is 12.2.